The number of hydrogen-bond acceptors (Lipinski definition) is 5. The van der Waals surface area contributed by atoms with E-state index >= 15 is 0 Å². The van der Waals surface area contributed by atoms with Crippen LogP contribution in [0.5, 0.6) is 5.75 Å². The Kier molecular flexibility index (Phi) is 5.51. The molecule has 1 aromatic heterocycles. The van der Waals surface area contributed by atoms with E-state index in [0.29, 0.717) is 28.8 Å². The molecule has 1 amide bonds. The number of ether oxygens (including phenoxy) is 1. The van der Waals surface area contributed by atoms with Crippen molar-refractivity contribution in [2.75, 3.05) is 17.3 Å². The molecule has 0 spiro atoms. The Hall–Kier alpha value is -2.87. The first-order valence-corrected chi connectivity index (χ1v) is 10.7. The summed E-state index contributed by atoms with van der Waals surface area (Å²) in [5, 5.41) is 10.7. The monoisotopic (exact) mass is 426 g/mol. The average molecular weight is 427 g/mol. The van der Waals surface area contributed by atoms with Crippen molar-refractivity contribution in [1.29, 1.82) is 0 Å². The van der Waals surface area contributed by atoms with Gasteiger partial charge in [0.15, 0.2) is 5.82 Å². The Morgan fingerprint density at radius 3 is 2.47 bits per heavy atom. The maximum absolute atomic E-state index is 13.2. The van der Waals surface area contributed by atoms with Crippen molar-refractivity contribution >= 4 is 17.7 Å². The normalized spacial score (nSPS) is 13.8. The second-order valence-corrected chi connectivity index (χ2v) is 9.12. The summed E-state index contributed by atoms with van der Waals surface area (Å²) in [5.74, 6) is 1.34. The lowest BCUT2D eigenvalue weighted by atomic mass is 9.86. The van der Waals surface area contributed by atoms with Crippen LogP contribution in [0.3, 0.4) is 0 Å². The van der Waals surface area contributed by atoms with Gasteiger partial charge < -0.3 is 4.74 Å². The molecule has 1 aliphatic heterocycles. The van der Waals surface area contributed by atoms with Crippen LogP contribution < -0.4 is 9.75 Å². The second-order valence-electron chi connectivity index (χ2n) is 8.06. The number of carbonyl (C=O) groups excluding carboxylic acids is 1. The third kappa shape index (κ3) is 4.18. The van der Waals surface area contributed by atoms with Gasteiger partial charge in [-0.3, -0.25) is 4.79 Å². The van der Waals surface area contributed by atoms with Crippen LogP contribution in [0, 0.1) is 5.82 Å². The SMILES string of the molecule is CC(C)(C)c1ccc(C(=O)N2CCSc3nnc(COc4ccc(F)cc4)n32)cc1. The lowest BCUT2D eigenvalue weighted by molar-refractivity contribution is 0.0952. The number of amides is 1. The van der Waals surface area contributed by atoms with E-state index in [1.54, 1.807) is 33.6 Å². The van der Waals surface area contributed by atoms with Crippen LogP contribution in [-0.2, 0) is 12.0 Å². The Balaban J connectivity index is 1.56. The first kappa shape index (κ1) is 20.4. The highest BCUT2D eigenvalue weighted by molar-refractivity contribution is 7.99. The van der Waals surface area contributed by atoms with Gasteiger partial charge in [-0.25, -0.2) is 14.1 Å². The van der Waals surface area contributed by atoms with Gasteiger partial charge in [0.1, 0.15) is 18.2 Å². The summed E-state index contributed by atoms with van der Waals surface area (Å²) in [7, 11) is 0. The Bertz CT molecular complexity index is 1040. The zero-order valence-corrected chi connectivity index (χ0v) is 17.9. The van der Waals surface area contributed by atoms with Crippen LogP contribution in [0.1, 0.15) is 42.5 Å². The van der Waals surface area contributed by atoms with Gasteiger partial charge in [-0.15, -0.1) is 10.2 Å². The number of nitrogens with zero attached hydrogens (tertiary/aromatic N) is 4. The maximum atomic E-state index is 13.2. The molecule has 0 radical (unpaired) electrons. The molecule has 4 rings (SSSR count). The zero-order valence-electron chi connectivity index (χ0n) is 17.1. The molecule has 0 N–H and O–H groups in total. The Labute approximate surface area is 179 Å². The number of aromatic nitrogens is 3. The smallest absolute Gasteiger partial charge is 0.272 e. The van der Waals surface area contributed by atoms with Crippen LogP contribution in [0.25, 0.3) is 0 Å². The van der Waals surface area contributed by atoms with E-state index in [-0.39, 0.29) is 23.7 Å². The number of fused-ring (bicyclic) bond motifs is 1. The van der Waals surface area contributed by atoms with Crippen molar-refractivity contribution in [3.05, 3.63) is 71.3 Å². The fourth-order valence-corrected chi connectivity index (χ4v) is 4.05. The molecule has 1 aliphatic rings. The molecule has 0 bridgehead atoms. The summed E-state index contributed by atoms with van der Waals surface area (Å²) >= 11 is 1.55. The molecule has 3 aromatic rings. The van der Waals surface area contributed by atoms with Crippen molar-refractivity contribution in [3.8, 4) is 5.75 Å². The van der Waals surface area contributed by atoms with Crippen LogP contribution >= 0.6 is 11.8 Å². The lowest BCUT2D eigenvalue weighted by Crippen LogP contribution is -2.45. The topological polar surface area (TPSA) is 60.3 Å². The van der Waals surface area contributed by atoms with Gasteiger partial charge in [0.05, 0.1) is 6.54 Å². The minimum absolute atomic E-state index is 0.0235. The van der Waals surface area contributed by atoms with Crippen LogP contribution in [0.4, 0.5) is 4.39 Å². The first-order valence-electron chi connectivity index (χ1n) is 9.71. The molecule has 6 nitrogen and oxygen atoms in total. The highest BCUT2D eigenvalue weighted by Gasteiger charge is 2.28. The molecule has 0 aliphatic carbocycles. The molecular formula is C22H23FN4O2S. The predicted molar refractivity (Wildman–Crippen MR) is 114 cm³/mol. The number of rotatable bonds is 4. The van der Waals surface area contributed by atoms with E-state index in [9.17, 15) is 9.18 Å². The summed E-state index contributed by atoms with van der Waals surface area (Å²) in [6, 6.07) is 13.5. The first-order chi connectivity index (χ1) is 14.3. The quantitative estimate of drug-likeness (QED) is 0.626. The third-order valence-electron chi connectivity index (χ3n) is 4.87. The fourth-order valence-electron chi connectivity index (χ4n) is 3.17. The van der Waals surface area contributed by atoms with Crippen molar-refractivity contribution in [3.63, 3.8) is 0 Å². The number of thioether (sulfide) groups is 1. The Morgan fingerprint density at radius 2 is 1.80 bits per heavy atom. The second kappa shape index (κ2) is 8.10. The minimum atomic E-state index is -0.326. The average Bonchev–Trinajstić information content (AvgIpc) is 3.15. The van der Waals surface area contributed by atoms with E-state index in [0.717, 1.165) is 5.75 Å². The standard InChI is InChI=1S/C22H23FN4O2S/c1-22(2,3)16-6-4-15(5-7-16)20(28)26-12-13-30-21-25-24-19(27(21)26)14-29-18-10-8-17(23)9-11-18/h4-11H,12-14H2,1-3H3. The summed E-state index contributed by atoms with van der Waals surface area (Å²) in [6.45, 7) is 7.08. The van der Waals surface area contributed by atoms with Crippen LogP contribution in [0.2, 0.25) is 0 Å². The van der Waals surface area contributed by atoms with E-state index in [1.165, 1.54) is 17.7 Å². The summed E-state index contributed by atoms with van der Waals surface area (Å²) < 4.78 is 20.5. The van der Waals surface area contributed by atoms with Gasteiger partial charge in [-0.1, -0.05) is 44.7 Å². The zero-order chi connectivity index (χ0) is 21.3. The number of benzene rings is 2. The van der Waals surface area contributed by atoms with Crippen LogP contribution in [-0.4, -0.2) is 33.1 Å². The molecule has 0 saturated heterocycles. The van der Waals surface area contributed by atoms with Crippen molar-refractivity contribution in [1.82, 2.24) is 14.9 Å². The van der Waals surface area contributed by atoms with E-state index in [1.807, 2.05) is 24.3 Å². The fraction of sp³-hybridized carbons (Fsp3) is 0.318. The summed E-state index contributed by atoms with van der Waals surface area (Å²) in [5.41, 5.74) is 1.81. The van der Waals surface area contributed by atoms with Crippen LogP contribution in [0.15, 0.2) is 53.7 Å². The van der Waals surface area contributed by atoms with Crippen molar-refractivity contribution in [2.24, 2.45) is 0 Å². The largest absolute Gasteiger partial charge is 0.486 e. The van der Waals surface area contributed by atoms with Gasteiger partial charge in [0, 0.05) is 11.3 Å². The molecule has 156 valence electrons. The Morgan fingerprint density at radius 1 is 1.10 bits per heavy atom. The molecule has 2 aromatic carbocycles. The van der Waals surface area contributed by atoms with E-state index in [4.69, 9.17) is 4.74 Å². The molecule has 2 heterocycles. The molecule has 8 heteroatoms. The van der Waals surface area contributed by atoms with Gasteiger partial charge >= 0.3 is 0 Å². The minimum Gasteiger partial charge on any atom is -0.486 e. The molecular weight excluding hydrogens is 403 g/mol. The van der Waals surface area contributed by atoms with Crippen molar-refractivity contribution in [2.45, 2.75) is 37.9 Å². The molecule has 0 unspecified atom stereocenters. The number of halogens is 1. The van der Waals surface area contributed by atoms with Gasteiger partial charge in [-0.2, -0.15) is 0 Å². The van der Waals surface area contributed by atoms with E-state index < -0.39 is 0 Å². The summed E-state index contributed by atoms with van der Waals surface area (Å²) in [4.78, 5) is 13.2. The highest BCUT2D eigenvalue weighted by atomic mass is 32.2. The van der Waals surface area contributed by atoms with Crippen molar-refractivity contribution < 1.29 is 13.9 Å². The molecule has 0 atom stereocenters. The molecule has 0 fully saturated rings. The van der Waals surface area contributed by atoms with Gasteiger partial charge in [0.2, 0.25) is 5.16 Å². The molecule has 0 saturated carbocycles. The summed E-state index contributed by atoms with van der Waals surface area (Å²) in [6.07, 6.45) is 0. The third-order valence-corrected chi connectivity index (χ3v) is 5.77. The van der Waals surface area contributed by atoms with Gasteiger partial charge in [-0.05, 0) is 47.4 Å². The highest BCUT2D eigenvalue weighted by Crippen LogP contribution is 2.26. The maximum Gasteiger partial charge on any atom is 0.272 e. The number of hydrogen-bond donors (Lipinski definition) is 0. The number of carbonyl (C=O) groups is 1. The molecule has 30 heavy (non-hydrogen) atoms. The predicted octanol–water partition coefficient (Wildman–Crippen LogP) is 4.18. The van der Waals surface area contributed by atoms with E-state index in [2.05, 4.69) is 31.0 Å². The lowest BCUT2D eigenvalue weighted by Gasteiger charge is -2.29. The van der Waals surface area contributed by atoms with Gasteiger partial charge in [0.25, 0.3) is 5.91 Å².